The molecule has 3 aromatic rings. The molecule has 1 aliphatic heterocycles. The summed E-state index contributed by atoms with van der Waals surface area (Å²) in [6.07, 6.45) is 0. The van der Waals surface area contributed by atoms with E-state index < -0.39 is 6.04 Å². The van der Waals surface area contributed by atoms with Crippen LogP contribution < -0.4 is 15.5 Å². The zero-order valence-corrected chi connectivity index (χ0v) is 18.6. The molecular formula is C25H23N3O3S. The van der Waals surface area contributed by atoms with E-state index in [-0.39, 0.29) is 17.7 Å². The SMILES string of the molecule is CCN1C(=O)c2ccccc2Sc2cc(NC(=O)C(C)NC(=O)c3ccccc3)ccc21. The number of amides is 3. The second kappa shape index (κ2) is 9.28. The first kappa shape index (κ1) is 21.6. The molecule has 0 bridgehead atoms. The van der Waals surface area contributed by atoms with Gasteiger partial charge in [-0.05, 0) is 56.3 Å². The Morgan fingerprint density at radius 3 is 2.44 bits per heavy atom. The van der Waals surface area contributed by atoms with Crippen molar-refractivity contribution in [3.63, 3.8) is 0 Å². The van der Waals surface area contributed by atoms with Gasteiger partial charge < -0.3 is 15.5 Å². The minimum atomic E-state index is -0.719. The minimum Gasteiger partial charge on any atom is -0.341 e. The van der Waals surface area contributed by atoms with E-state index in [1.165, 1.54) is 11.8 Å². The first-order valence-electron chi connectivity index (χ1n) is 10.4. The predicted molar refractivity (Wildman–Crippen MR) is 126 cm³/mol. The first-order chi connectivity index (χ1) is 15.5. The van der Waals surface area contributed by atoms with Crippen molar-refractivity contribution in [3.05, 3.63) is 83.9 Å². The van der Waals surface area contributed by atoms with E-state index in [0.29, 0.717) is 23.4 Å². The topological polar surface area (TPSA) is 78.5 Å². The number of fused-ring (bicyclic) bond motifs is 2. The highest BCUT2D eigenvalue weighted by Gasteiger charge is 2.26. The maximum Gasteiger partial charge on any atom is 0.259 e. The second-order valence-electron chi connectivity index (χ2n) is 7.38. The molecule has 1 unspecified atom stereocenters. The lowest BCUT2D eigenvalue weighted by Gasteiger charge is -2.22. The molecule has 162 valence electrons. The fourth-order valence-corrected chi connectivity index (χ4v) is 4.62. The van der Waals surface area contributed by atoms with E-state index in [9.17, 15) is 14.4 Å². The number of nitrogens with zero attached hydrogens (tertiary/aromatic N) is 1. The molecule has 32 heavy (non-hydrogen) atoms. The molecule has 0 saturated carbocycles. The highest BCUT2D eigenvalue weighted by atomic mass is 32.2. The zero-order valence-electron chi connectivity index (χ0n) is 17.8. The lowest BCUT2D eigenvalue weighted by molar-refractivity contribution is -0.117. The molecule has 0 aliphatic carbocycles. The van der Waals surface area contributed by atoms with Crippen LogP contribution in [0.15, 0.2) is 82.6 Å². The summed E-state index contributed by atoms with van der Waals surface area (Å²) in [5.74, 6) is -0.667. The number of benzene rings is 3. The monoisotopic (exact) mass is 445 g/mol. The molecule has 3 amide bonds. The van der Waals surface area contributed by atoms with Crippen LogP contribution in [0.3, 0.4) is 0 Å². The van der Waals surface area contributed by atoms with Gasteiger partial charge in [0, 0.05) is 27.6 Å². The van der Waals surface area contributed by atoms with Crippen LogP contribution in [0.25, 0.3) is 0 Å². The lowest BCUT2D eigenvalue weighted by Crippen LogP contribution is -2.41. The van der Waals surface area contributed by atoms with Gasteiger partial charge in [-0.25, -0.2) is 0 Å². The summed E-state index contributed by atoms with van der Waals surface area (Å²) in [7, 11) is 0. The van der Waals surface area contributed by atoms with Crippen LogP contribution in [0.1, 0.15) is 34.6 Å². The Balaban J connectivity index is 1.53. The molecule has 0 saturated heterocycles. The van der Waals surface area contributed by atoms with E-state index >= 15 is 0 Å². The summed E-state index contributed by atoms with van der Waals surface area (Å²) < 4.78 is 0. The molecule has 2 N–H and O–H groups in total. The van der Waals surface area contributed by atoms with Gasteiger partial charge in [0.05, 0.1) is 11.3 Å². The van der Waals surface area contributed by atoms with Crippen LogP contribution in [-0.2, 0) is 4.79 Å². The number of hydrogen-bond donors (Lipinski definition) is 2. The Bertz CT molecular complexity index is 1180. The van der Waals surface area contributed by atoms with Gasteiger partial charge in [0.15, 0.2) is 0 Å². The molecule has 0 radical (unpaired) electrons. The fraction of sp³-hybridized carbons (Fsp3) is 0.160. The second-order valence-corrected chi connectivity index (χ2v) is 8.46. The van der Waals surface area contributed by atoms with Gasteiger partial charge in [-0.3, -0.25) is 14.4 Å². The van der Waals surface area contributed by atoms with Gasteiger partial charge in [0.2, 0.25) is 5.91 Å². The standard InChI is InChI=1S/C25H23N3O3S/c1-3-28-20-14-13-18(15-22(20)32-21-12-8-7-11-19(21)25(28)31)27-23(29)16(2)26-24(30)17-9-5-4-6-10-17/h4-16H,3H2,1-2H3,(H,26,30)(H,27,29). The van der Waals surface area contributed by atoms with Crippen molar-refractivity contribution >= 4 is 40.9 Å². The summed E-state index contributed by atoms with van der Waals surface area (Å²) in [4.78, 5) is 41.5. The van der Waals surface area contributed by atoms with Crippen molar-refractivity contribution in [1.29, 1.82) is 0 Å². The van der Waals surface area contributed by atoms with Crippen molar-refractivity contribution < 1.29 is 14.4 Å². The predicted octanol–water partition coefficient (Wildman–Crippen LogP) is 4.57. The van der Waals surface area contributed by atoms with Crippen molar-refractivity contribution in [2.24, 2.45) is 0 Å². The fourth-order valence-electron chi connectivity index (χ4n) is 3.50. The lowest BCUT2D eigenvalue weighted by atomic mass is 10.1. The van der Waals surface area contributed by atoms with Gasteiger partial charge in [0.25, 0.3) is 11.8 Å². The van der Waals surface area contributed by atoms with E-state index in [0.717, 1.165) is 15.5 Å². The Morgan fingerprint density at radius 1 is 0.969 bits per heavy atom. The largest absolute Gasteiger partial charge is 0.341 e. The van der Waals surface area contributed by atoms with E-state index in [4.69, 9.17) is 0 Å². The molecule has 7 heteroatoms. The van der Waals surface area contributed by atoms with Gasteiger partial charge in [0.1, 0.15) is 6.04 Å². The van der Waals surface area contributed by atoms with Crippen LogP contribution in [0.4, 0.5) is 11.4 Å². The molecule has 0 spiro atoms. The third-order valence-electron chi connectivity index (χ3n) is 5.19. The Labute approximate surface area is 191 Å². The summed E-state index contributed by atoms with van der Waals surface area (Å²) >= 11 is 1.50. The third-order valence-corrected chi connectivity index (χ3v) is 6.32. The number of anilines is 2. The number of carbonyl (C=O) groups is 3. The normalized spacial score (nSPS) is 13.4. The summed E-state index contributed by atoms with van der Waals surface area (Å²) in [5.41, 5.74) is 2.57. The van der Waals surface area contributed by atoms with Crippen molar-refractivity contribution in [1.82, 2.24) is 5.32 Å². The maximum absolute atomic E-state index is 13.0. The highest BCUT2D eigenvalue weighted by molar-refractivity contribution is 7.99. The number of nitrogens with one attached hydrogen (secondary N) is 2. The van der Waals surface area contributed by atoms with Crippen LogP contribution in [-0.4, -0.2) is 30.3 Å². The van der Waals surface area contributed by atoms with Crippen molar-refractivity contribution in [3.8, 4) is 0 Å². The average Bonchev–Trinajstić information content (AvgIpc) is 2.92. The van der Waals surface area contributed by atoms with Crippen LogP contribution in [0, 0.1) is 0 Å². The highest BCUT2D eigenvalue weighted by Crippen LogP contribution is 2.42. The van der Waals surface area contributed by atoms with Crippen LogP contribution in [0.5, 0.6) is 0 Å². The molecule has 1 atom stereocenters. The molecule has 4 rings (SSSR count). The molecule has 1 aliphatic rings. The molecule has 6 nitrogen and oxygen atoms in total. The zero-order chi connectivity index (χ0) is 22.7. The summed E-state index contributed by atoms with van der Waals surface area (Å²) in [6.45, 7) is 4.12. The molecule has 0 aromatic heterocycles. The van der Waals surface area contributed by atoms with E-state index in [2.05, 4.69) is 10.6 Å². The smallest absolute Gasteiger partial charge is 0.259 e. The third kappa shape index (κ3) is 4.38. The van der Waals surface area contributed by atoms with Crippen molar-refractivity contribution in [2.75, 3.05) is 16.8 Å². The Morgan fingerprint density at radius 2 is 1.69 bits per heavy atom. The number of carbonyl (C=O) groups excluding carboxylic acids is 3. The van der Waals surface area contributed by atoms with Crippen LogP contribution in [0.2, 0.25) is 0 Å². The molecule has 1 heterocycles. The van der Waals surface area contributed by atoms with Crippen molar-refractivity contribution in [2.45, 2.75) is 29.7 Å². The Kier molecular flexibility index (Phi) is 6.28. The average molecular weight is 446 g/mol. The van der Waals surface area contributed by atoms with Crippen LogP contribution >= 0.6 is 11.8 Å². The van der Waals surface area contributed by atoms with Gasteiger partial charge in [-0.15, -0.1) is 0 Å². The number of hydrogen-bond acceptors (Lipinski definition) is 4. The Hall–Kier alpha value is -3.58. The first-order valence-corrected chi connectivity index (χ1v) is 11.2. The summed E-state index contributed by atoms with van der Waals surface area (Å²) in [5, 5.41) is 5.58. The minimum absolute atomic E-state index is 0.0385. The summed E-state index contributed by atoms with van der Waals surface area (Å²) in [6, 6.07) is 21.1. The maximum atomic E-state index is 13.0. The van der Waals surface area contributed by atoms with Gasteiger partial charge in [-0.1, -0.05) is 42.1 Å². The van der Waals surface area contributed by atoms with Gasteiger partial charge >= 0.3 is 0 Å². The number of rotatable bonds is 5. The molecule has 0 fully saturated rings. The van der Waals surface area contributed by atoms with E-state index in [1.54, 1.807) is 42.2 Å². The molecular weight excluding hydrogens is 422 g/mol. The van der Waals surface area contributed by atoms with Gasteiger partial charge in [-0.2, -0.15) is 0 Å². The van der Waals surface area contributed by atoms with E-state index in [1.807, 2.05) is 49.4 Å². The molecule has 3 aromatic carbocycles. The quantitative estimate of drug-likeness (QED) is 0.603.